The number of amidine groups is 1. The number of rotatable bonds is 2. The lowest BCUT2D eigenvalue weighted by Crippen LogP contribution is -2.21. The Bertz CT molecular complexity index is 369. The van der Waals surface area contributed by atoms with Crippen molar-refractivity contribution >= 4 is 11.5 Å². The van der Waals surface area contributed by atoms with Crippen LogP contribution in [0.5, 0.6) is 0 Å². The molecular weight excluding hydrogens is 176 g/mol. The third kappa shape index (κ3) is 1.84. The summed E-state index contributed by atoms with van der Waals surface area (Å²) in [5, 5.41) is 7.49. The molecule has 0 aliphatic heterocycles. The number of nitrogens with two attached hydrogens (primary N) is 1. The minimum atomic E-state index is 0.0682. The van der Waals surface area contributed by atoms with Gasteiger partial charge in [-0.25, -0.2) is 0 Å². The quantitative estimate of drug-likeness (QED) is 0.543. The molecule has 0 unspecified atom stereocenters. The summed E-state index contributed by atoms with van der Waals surface area (Å²) in [6, 6.07) is 1.93. The third-order valence-electron chi connectivity index (χ3n) is 2.06. The summed E-state index contributed by atoms with van der Waals surface area (Å²) >= 11 is 0. The van der Waals surface area contributed by atoms with Gasteiger partial charge in [0, 0.05) is 19.8 Å². The van der Waals surface area contributed by atoms with Gasteiger partial charge in [-0.1, -0.05) is 0 Å². The summed E-state index contributed by atoms with van der Waals surface area (Å²) in [6.45, 7) is 3.81. The van der Waals surface area contributed by atoms with Gasteiger partial charge in [0.1, 0.15) is 5.84 Å². The molecule has 3 N–H and O–H groups in total. The number of aromatic nitrogens is 1. The van der Waals surface area contributed by atoms with Crippen molar-refractivity contribution in [1.82, 2.24) is 4.98 Å². The highest BCUT2D eigenvalue weighted by atomic mass is 15.1. The highest BCUT2D eigenvalue weighted by Gasteiger charge is 2.12. The van der Waals surface area contributed by atoms with Crippen LogP contribution in [0.3, 0.4) is 0 Å². The van der Waals surface area contributed by atoms with Crippen LogP contribution in [0.1, 0.15) is 17.0 Å². The molecule has 0 atom stereocenters. The highest BCUT2D eigenvalue weighted by molar-refractivity contribution is 6.01. The van der Waals surface area contributed by atoms with E-state index in [1.54, 1.807) is 0 Å². The van der Waals surface area contributed by atoms with Crippen molar-refractivity contribution in [3.63, 3.8) is 0 Å². The van der Waals surface area contributed by atoms with Crippen molar-refractivity contribution in [3.05, 3.63) is 23.0 Å². The number of nitrogens with one attached hydrogen (secondary N) is 1. The number of hydrogen-bond acceptors (Lipinski definition) is 3. The van der Waals surface area contributed by atoms with Gasteiger partial charge < -0.3 is 10.6 Å². The first-order valence-corrected chi connectivity index (χ1v) is 4.43. The number of nitrogens with zero attached hydrogens (tertiary/aromatic N) is 2. The number of anilines is 1. The fourth-order valence-corrected chi connectivity index (χ4v) is 1.49. The van der Waals surface area contributed by atoms with Gasteiger partial charge in [-0.15, -0.1) is 0 Å². The first kappa shape index (κ1) is 10.5. The number of aryl methyl sites for hydroxylation is 2. The first-order valence-electron chi connectivity index (χ1n) is 4.43. The Morgan fingerprint density at radius 2 is 2.00 bits per heavy atom. The van der Waals surface area contributed by atoms with Crippen molar-refractivity contribution in [1.29, 1.82) is 5.41 Å². The van der Waals surface area contributed by atoms with E-state index in [2.05, 4.69) is 4.98 Å². The smallest absolute Gasteiger partial charge is 0.126 e. The van der Waals surface area contributed by atoms with Crippen LogP contribution in [0.25, 0.3) is 0 Å². The van der Waals surface area contributed by atoms with Gasteiger partial charge in [0.05, 0.1) is 16.9 Å². The first-order chi connectivity index (χ1) is 6.43. The molecule has 4 heteroatoms. The molecular formula is C10H16N4. The number of pyridine rings is 1. The summed E-state index contributed by atoms with van der Waals surface area (Å²) in [5.41, 5.74) is 8.94. The third-order valence-corrected chi connectivity index (χ3v) is 2.06. The molecule has 14 heavy (non-hydrogen) atoms. The molecule has 0 fully saturated rings. The van der Waals surface area contributed by atoms with E-state index in [0.717, 1.165) is 22.6 Å². The topological polar surface area (TPSA) is 66.0 Å². The average Bonchev–Trinajstić information content (AvgIpc) is 2.01. The Labute approximate surface area is 84.3 Å². The summed E-state index contributed by atoms with van der Waals surface area (Å²) < 4.78 is 0. The predicted molar refractivity (Wildman–Crippen MR) is 59.1 cm³/mol. The molecule has 0 radical (unpaired) electrons. The van der Waals surface area contributed by atoms with Crippen LogP contribution in [-0.2, 0) is 0 Å². The maximum atomic E-state index is 7.49. The van der Waals surface area contributed by atoms with Crippen molar-refractivity contribution in [2.24, 2.45) is 5.73 Å². The summed E-state index contributed by atoms with van der Waals surface area (Å²) in [6.07, 6.45) is 0. The van der Waals surface area contributed by atoms with Gasteiger partial charge in [0.25, 0.3) is 0 Å². The summed E-state index contributed by atoms with van der Waals surface area (Å²) in [7, 11) is 3.86. The van der Waals surface area contributed by atoms with Crippen molar-refractivity contribution in [3.8, 4) is 0 Å². The van der Waals surface area contributed by atoms with E-state index >= 15 is 0 Å². The second kappa shape index (κ2) is 3.65. The maximum Gasteiger partial charge on any atom is 0.126 e. The van der Waals surface area contributed by atoms with E-state index in [1.165, 1.54) is 0 Å². The van der Waals surface area contributed by atoms with Crippen LogP contribution in [0.2, 0.25) is 0 Å². The lowest BCUT2D eigenvalue weighted by molar-refractivity contribution is 1.06. The van der Waals surface area contributed by atoms with Gasteiger partial charge in [0.15, 0.2) is 0 Å². The monoisotopic (exact) mass is 192 g/mol. The van der Waals surface area contributed by atoms with E-state index in [-0.39, 0.29) is 5.84 Å². The Morgan fingerprint density at radius 3 is 2.43 bits per heavy atom. The van der Waals surface area contributed by atoms with Gasteiger partial charge >= 0.3 is 0 Å². The van der Waals surface area contributed by atoms with E-state index in [4.69, 9.17) is 11.1 Å². The molecule has 0 aromatic carbocycles. The predicted octanol–water partition coefficient (Wildman–Crippen LogP) is 1.05. The Morgan fingerprint density at radius 1 is 1.43 bits per heavy atom. The van der Waals surface area contributed by atoms with Crippen LogP contribution < -0.4 is 10.6 Å². The van der Waals surface area contributed by atoms with Gasteiger partial charge in [0.2, 0.25) is 0 Å². The van der Waals surface area contributed by atoms with Crippen LogP contribution in [-0.4, -0.2) is 24.9 Å². The summed E-state index contributed by atoms with van der Waals surface area (Å²) in [5.74, 6) is 0.0682. The largest absolute Gasteiger partial charge is 0.384 e. The summed E-state index contributed by atoms with van der Waals surface area (Å²) in [4.78, 5) is 6.23. The number of nitrogen functional groups attached to an aromatic ring is 1. The molecule has 1 rings (SSSR count). The second-order valence-electron chi connectivity index (χ2n) is 3.55. The van der Waals surface area contributed by atoms with E-state index in [1.807, 2.05) is 38.9 Å². The Kier molecular flexibility index (Phi) is 2.74. The molecule has 1 aromatic heterocycles. The van der Waals surface area contributed by atoms with Crippen molar-refractivity contribution < 1.29 is 0 Å². The molecule has 0 amide bonds. The molecule has 4 nitrogen and oxygen atoms in total. The molecule has 0 aliphatic carbocycles. The number of hydrogen-bond donors (Lipinski definition) is 2. The van der Waals surface area contributed by atoms with Gasteiger partial charge in [-0.3, -0.25) is 10.4 Å². The second-order valence-corrected chi connectivity index (χ2v) is 3.55. The van der Waals surface area contributed by atoms with Crippen LogP contribution in [0.4, 0.5) is 5.69 Å². The normalized spacial score (nSPS) is 10.0. The molecule has 0 aliphatic rings. The van der Waals surface area contributed by atoms with Gasteiger partial charge in [-0.05, 0) is 19.9 Å². The Balaban J connectivity index is 3.44. The standard InChI is InChI=1S/C10H16N4/c1-6-5-8(14(3)4)9(10(11)12)7(2)13-6/h5H,1-4H3,(H3,11,12). The lowest BCUT2D eigenvalue weighted by Gasteiger charge is -2.18. The van der Waals surface area contributed by atoms with Crippen molar-refractivity contribution in [2.45, 2.75) is 13.8 Å². The van der Waals surface area contributed by atoms with E-state index in [9.17, 15) is 0 Å². The lowest BCUT2D eigenvalue weighted by atomic mass is 10.1. The fourth-order valence-electron chi connectivity index (χ4n) is 1.49. The fraction of sp³-hybridized carbons (Fsp3) is 0.400. The Hall–Kier alpha value is -1.58. The molecule has 0 saturated heterocycles. The van der Waals surface area contributed by atoms with Crippen LogP contribution >= 0.6 is 0 Å². The zero-order chi connectivity index (χ0) is 10.9. The average molecular weight is 192 g/mol. The maximum absolute atomic E-state index is 7.49. The van der Waals surface area contributed by atoms with Crippen LogP contribution in [0, 0.1) is 19.3 Å². The van der Waals surface area contributed by atoms with Crippen molar-refractivity contribution in [2.75, 3.05) is 19.0 Å². The molecule has 0 spiro atoms. The SMILES string of the molecule is Cc1cc(N(C)C)c(C(=N)N)c(C)n1. The zero-order valence-corrected chi connectivity index (χ0v) is 9.05. The molecule has 1 aromatic rings. The zero-order valence-electron chi connectivity index (χ0n) is 9.05. The minimum absolute atomic E-state index is 0.0682. The molecule has 1 heterocycles. The van der Waals surface area contributed by atoms with E-state index in [0.29, 0.717) is 0 Å². The molecule has 76 valence electrons. The molecule has 0 saturated carbocycles. The minimum Gasteiger partial charge on any atom is -0.384 e. The molecule has 0 bridgehead atoms. The van der Waals surface area contributed by atoms with E-state index < -0.39 is 0 Å². The van der Waals surface area contributed by atoms with Gasteiger partial charge in [-0.2, -0.15) is 0 Å². The van der Waals surface area contributed by atoms with Crippen LogP contribution in [0.15, 0.2) is 6.07 Å². The highest BCUT2D eigenvalue weighted by Crippen LogP contribution is 2.21.